The van der Waals surface area contributed by atoms with Crippen molar-refractivity contribution in [3.05, 3.63) is 4.91 Å². The summed E-state index contributed by atoms with van der Waals surface area (Å²) in [7, 11) is 0. The van der Waals surface area contributed by atoms with Gasteiger partial charge >= 0.3 is 5.97 Å². The highest BCUT2D eigenvalue weighted by molar-refractivity contribution is 5.84. The molecular formula is C5H7NO4. The van der Waals surface area contributed by atoms with Crippen molar-refractivity contribution < 1.29 is 14.7 Å². The normalized spacial score (nSPS) is 12.1. The van der Waals surface area contributed by atoms with Gasteiger partial charge in [0, 0.05) is 6.42 Å². The van der Waals surface area contributed by atoms with Gasteiger partial charge in [-0.05, 0) is 6.92 Å². The van der Waals surface area contributed by atoms with E-state index in [4.69, 9.17) is 5.11 Å². The minimum absolute atomic E-state index is 0.321. The van der Waals surface area contributed by atoms with E-state index < -0.39 is 12.0 Å². The molecule has 0 aliphatic carbocycles. The summed E-state index contributed by atoms with van der Waals surface area (Å²) in [6.07, 6.45) is -0.321. The smallest absolute Gasteiger partial charge is 0.332 e. The van der Waals surface area contributed by atoms with Crippen molar-refractivity contribution in [1.82, 2.24) is 0 Å². The van der Waals surface area contributed by atoms with Gasteiger partial charge in [0.1, 0.15) is 5.78 Å². The molecule has 0 spiro atoms. The number of rotatable bonds is 4. The lowest BCUT2D eigenvalue weighted by Gasteiger charge is -1.97. The predicted octanol–water partition coefficient (Wildman–Crippen LogP) is 0.185. The average molecular weight is 145 g/mol. The van der Waals surface area contributed by atoms with Gasteiger partial charge in [-0.2, -0.15) is 0 Å². The number of carbonyl (C=O) groups is 2. The lowest BCUT2D eigenvalue weighted by Crippen LogP contribution is -2.19. The standard InChI is InChI=1S/C5H7NO4/c1-3(7)2-4(6-10)5(8)9/h4H,2H2,1H3,(H,8,9). The van der Waals surface area contributed by atoms with E-state index in [0.29, 0.717) is 0 Å². The van der Waals surface area contributed by atoms with Crippen LogP contribution in [0, 0.1) is 4.91 Å². The van der Waals surface area contributed by atoms with E-state index in [1.54, 1.807) is 0 Å². The number of carboxylic acid groups (broad SMARTS) is 1. The molecule has 1 unspecified atom stereocenters. The van der Waals surface area contributed by atoms with E-state index in [2.05, 4.69) is 5.18 Å². The van der Waals surface area contributed by atoms with Crippen molar-refractivity contribution in [3.8, 4) is 0 Å². The Balaban J connectivity index is 3.96. The number of carboxylic acids is 1. The fourth-order valence-electron chi connectivity index (χ4n) is 0.442. The molecule has 56 valence electrons. The van der Waals surface area contributed by atoms with E-state index >= 15 is 0 Å². The summed E-state index contributed by atoms with van der Waals surface area (Å²) < 4.78 is 0. The van der Waals surface area contributed by atoms with Gasteiger partial charge < -0.3 is 5.11 Å². The first-order valence-corrected chi connectivity index (χ1v) is 2.62. The Morgan fingerprint density at radius 2 is 2.10 bits per heavy atom. The summed E-state index contributed by atoms with van der Waals surface area (Å²) in [5.41, 5.74) is 0. The number of hydrogen-bond donors (Lipinski definition) is 1. The quantitative estimate of drug-likeness (QED) is 0.572. The molecule has 0 rings (SSSR count). The number of aliphatic carboxylic acids is 1. The summed E-state index contributed by atoms with van der Waals surface area (Å²) in [5, 5.41) is 10.4. The van der Waals surface area contributed by atoms with Crippen LogP contribution in [0.1, 0.15) is 13.3 Å². The van der Waals surface area contributed by atoms with E-state index in [0.717, 1.165) is 0 Å². The molecule has 0 aromatic heterocycles. The molecule has 0 aromatic carbocycles. The lowest BCUT2D eigenvalue weighted by molar-refractivity contribution is -0.140. The Hall–Kier alpha value is -1.26. The first kappa shape index (κ1) is 8.74. The number of nitroso groups, excluding NO2 is 1. The number of carbonyl (C=O) groups excluding carboxylic acids is 1. The van der Waals surface area contributed by atoms with E-state index in [9.17, 15) is 14.5 Å². The Morgan fingerprint density at radius 3 is 2.20 bits per heavy atom. The fraction of sp³-hybridized carbons (Fsp3) is 0.600. The van der Waals surface area contributed by atoms with Gasteiger partial charge in [0.2, 0.25) is 0 Å². The van der Waals surface area contributed by atoms with Crippen LogP contribution in [0.2, 0.25) is 0 Å². The van der Waals surface area contributed by atoms with Crippen molar-refractivity contribution in [2.75, 3.05) is 0 Å². The molecule has 0 amide bonds. The van der Waals surface area contributed by atoms with Crippen LogP contribution in [0.4, 0.5) is 0 Å². The summed E-state index contributed by atoms with van der Waals surface area (Å²) in [4.78, 5) is 30.0. The van der Waals surface area contributed by atoms with Crippen molar-refractivity contribution in [2.24, 2.45) is 5.18 Å². The highest BCUT2D eigenvalue weighted by atomic mass is 16.4. The molecule has 1 N–H and O–H groups in total. The topological polar surface area (TPSA) is 83.8 Å². The molecule has 5 heteroatoms. The predicted molar refractivity (Wildman–Crippen MR) is 32.5 cm³/mol. The Labute approximate surface area is 57.0 Å². The third kappa shape index (κ3) is 2.91. The molecule has 0 bridgehead atoms. The summed E-state index contributed by atoms with van der Waals surface area (Å²) >= 11 is 0. The second kappa shape index (κ2) is 3.71. The first-order valence-electron chi connectivity index (χ1n) is 2.62. The molecule has 0 fully saturated rings. The second-order valence-corrected chi connectivity index (χ2v) is 1.87. The minimum atomic E-state index is -1.42. The zero-order chi connectivity index (χ0) is 8.15. The van der Waals surface area contributed by atoms with E-state index in [-0.39, 0.29) is 12.2 Å². The summed E-state index contributed by atoms with van der Waals surface area (Å²) in [6, 6.07) is -1.42. The van der Waals surface area contributed by atoms with Gasteiger partial charge in [0.25, 0.3) is 0 Å². The molecule has 0 aliphatic rings. The van der Waals surface area contributed by atoms with Crippen LogP contribution in [0.15, 0.2) is 5.18 Å². The first-order chi connectivity index (χ1) is 4.57. The minimum Gasteiger partial charge on any atom is -0.480 e. The van der Waals surface area contributed by atoms with E-state index in [1.807, 2.05) is 0 Å². The maximum absolute atomic E-state index is 10.3. The number of hydrogen-bond acceptors (Lipinski definition) is 4. The maximum atomic E-state index is 10.3. The zero-order valence-corrected chi connectivity index (χ0v) is 5.40. The van der Waals surface area contributed by atoms with Crippen LogP contribution < -0.4 is 0 Å². The monoisotopic (exact) mass is 145 g/mol. The number of ketones is 1. The van der Waals surface area contributed by atoms with Gasteiger partial charge in [-0.25, -0.2) is 4.79 Å². The number of Topliss-reactive ketones (excluding diaryl/α,β-unsaturated/α-hetero) is 1. The van der Waals surface area contributed by atoms with Crippen LogP contribution in [-0.4, -0.2) is 22.9 Å². The molecule has 5 nitrogen and oxygen atoms in total. The maximum Gasteiger partial charge on any atom is 0.332 e. The molecular weight excluding hydrogens is 138 g/mol. The zero-order valence-electron chi connectivity index (χ0n) is 5.40. The second-order valence-electron chi connectivity index (χ2n) is 1.87. The van der Waals surface area contributed by atoms with Crippen LogP contribution in [0.5, 0.6) is 0 Å². The van der Waals surface area contributed by atoms with Crippen molar-refractivity contribution in [3.63, 3.8) is 0 Å². The highest BCUT2D eigenvalue weighted by Crippen LogP contribution is 1.97. The van der Waals surface area contributed by atoms with Crippen LogP contribution in [-0.2, 0) is 9.59 Å². The molecule has 0 radical (unpaired) electrons. The number of nitrogens with zero attached hydrogens (tertiary/aromatic N) is 1. The Kier molecular flexibility index (Phi) is 3.24. The molecule has 0 aromatic rings. The van der Waals surface area contributed by atoms with Gasteiger partial charge in [-0.15, -0.1) is 4.91 Å². The Morgan fingerprint density at radius 1 is 1.60 bits per heavy atom. The molecule has 0 aliphatic heterocycles. The van der Waals surface area contributed by atoms with Gasteiger partial charge in [0.05, 0.1) is 0 Å². The fourth-order valence-corrected chi connectivity index (χ4v) is 0.442. The van der Waals surface area contributed by atoms with Crippen LogP contribution >= 0.6 is 0 Å². The summed E-state index contributed by atoms with van der Waals surface area (Å²) in [5.74, 6) is -1.71. The average Bonchev–Trinajstić information content (AvgIpc) is 1.81. The largest absolute Gasteiger partial charge is 0.480 e. The lowest BCUT2D eigenvalue weighted by atomic mass is 10.2. The highest BCUT2D eigenvalue weighted by Gasteiger charge is 2.19. The van der Waals surface area contributed by atoms with Crippen molar-refractivity contribution >= 4 is 11.8 Å². The summed E-state index contributed by atoms with van der Waals surface area (Å²) in [6.45, 7) is 1.21. The SMILES string of the molecule is CC(=O)CC(N=O)C(=O)O. The molecule has 10 heavy (non-hydrogen) atoms. The molecule has 0 saturated carbocycles. The third-order valence-corrected chi connectivity index (χ3v) is 0.893. The van der Waals surface area contributed by atoms with Gasteiger partial charge in [-0.1, -0.05) is 5.18 Å². The van der Waals surface area contributed by atoms with Gasteiger partial charge in [0.15, 0.2) is 6.04 Å². The molecule has 1 atom stereocenters. The van der Waals surface area contributed by atoms with Crippen molar-refractivity contribution in [2.45, 2.75) is 19.4 Å². The van der Waals surface area contributed by atoms with Crippen LogP contribution in [0.25, 0.3) is 0 Å². The Bertz CT molecular complexity index is 165. The molecule has 0 saturated heterocycles. The van der Waals surface area contributed by atoms with Gasteiger partial charge in [-0.3, -0.25) is 4.79 Å². The van der Waals surface area contributed by atoms with Crippen molar-refractivity contribution in [1.29, 1.82) is 0 Å². The molecule has 0 heterocycles. The third-order valence-electron chi connectivity index (χ3n) is 0.893. The van der Waals surface area contributed by atoms with Crippen LogP contribution in [0.3, 0.4) is 0 Å². The van der Waals surface area contributed by atoms with E-state index in [1.165, 1.54) is 6.92 Å².